The summed E-state index contributed by atoms with van der Waals surface area (Å²) in [5.74, 6) is 6.64. The largest absolute Gasteiger partial charge is 0.379 e. The molecule has 2 aromatic carbocycles. The maximum Gasteiger partial charge on any atom is 0.0700 e. The van der Waals surface area contributed by atoms with Gasteiger partial charge < -0.3 is 18.9 Å². The lowest BCUT2D eigenvalue weighted by Gasteiger charge is -2.04. The van der Waals surface area contributed by atoms with Gasteiger partial charge in [0, 0.05) is 56.7 Å². The molecule has 2 aromatic heterocycles. The summed E-state index contributed by atoms with van der Waals surface area (Å²) in [6.45, 7) is 10.1. The SMILES string of the molecule is CCCCOCCOCCc1ccc(-c2ccc(C#Cc3ccc(-c4ccc(CCOCCOCCCC)s4)cc3)cc2)s1. The highest BCUT2D eigenvalue weighted by Crippen LogP contribution is 2.30. The minimum absolute atomic E-state index is 0.663. The molecule has 0 saturated heterocycles. The zero-order valence-corrected chi connectivity index (χ0v) is 27.9. The van der Waals surface area contributed by atoms with E-state index in [0.717, 1.165) is 76.1 Å². The summed E-state index contributed by atoms with van der Waals surface area (Å²) in [5.41, 5.74) is 4.48. The van der Waals surface area contributed by atoms with Crippen LogP contribution in [-0.4, -0.2) is 52.9 Å². The van der Waals surface area contributed by atoms with Crippen LogP contribution in [0.5, 0.6) is 0 Å². The molecule has 0 unspecified atom stereocenters. The first-order valence-corrected chi connectivity index (χ1v) is 17.6. The average Bonchev–Trinajstić information content (AvgIpc) is 3.73. The third kappa shape index (κ3) is 12.3. The standard InChI is InChI=1S/C38H46O4S2/c1-3-5-23-39-27-29-41-25-21-35-17-19-37(43-35)33-13-9-31(10-14-33)7-8-32-11-15-34(16-12-32)38-20-18-36(44-38)22-26-42-30-28-40-24-6-4-2/h9-20H,3-6,21-30H2,1-2H3. The molecule has 0 N–H and O–H groups in total. The Labute approximate surface area is 272 Å². The van der Waals surface area contributed by atoms with Crippen molar-refractivity contribution in [3.8, 4) is 32.7 Å². The molecular formula is C38H46O4S2. The number of benzene rings is 2. The van der Waals surface area contributed by atoms with E-state index in [0.29, 0.717) is 26.4 Å². The molecule has 6 heteroatoms. The van der Waals surface area contributed by atoms with E-state index in [1.807, 2.05) is 22.7 Å². The lowest BCUT2D eigenvalue weighted by atomic mass is 10.1. The van der Waals surface area contributed by atoms with Crippen LogP contribution in [0.2, 0.25) is 0 Å². The van der Waals surface area contributed by atoms with Crippen LogP contribution in [-0.2, 0) is 31.8 Å². The highest BCUT2D eigenvalue weighted by Gasteiger charge is 2.05. The second-order valence-electron chi connectivity index (χ2n) is 10.6. The van der Waals surface area contributed by atoms with Gasteiger partial charge in [-0.1, -0.05) is 62.8 Å². The molecule has 0 radical (unpaired) electrons. The molecule has 0 aliphatic carbocycles. The van der Waals surface area contributed by atoms with Gasteiger partial charge in [-0.3, -0.25) is 0 Å². The second kappa shape index (κ2) is 20.3. The summed E-state index contributed by atoms with van der Waals surface area (Å²) < 4.78 is 22.6. The Hall–Kier alpha value is -2.76. The van der Waals surface area contributed by atoms with E-state index in [4.69, 9.17) is 18.9 Å². The van der Waals surface area contributed by atoms with Crippen molar-refractivity contribution in [2.45, 2.75) is 52.4 Å². The molecule has 4 nitrogen and oxygen atoms in total. The van der Waals surface area contributed by atoms with Crippen LogP contribution in [0.4, 0.5) is 0 Å². The van der Waals surface area contributed by atoms with Crippen LogP contribution < -0.4 is 0 Å². The topological polar surface area (TPSA) is 36.9 Å². The van der Waals surface area contributed by atoms with E-state index in [1.165, 1.54) is 30.6 Å². The van der Waals surface area contributed by atoms with Crippen molar-refractivity contribution < 1.29 is 18.9 Å². The molecule has 4 rings (SSSR count). The first-order chi connectivity index (χ1) is 21.7. The molecule has 44 heavy (non-hydrogen) atoms. The lowest BCUT2D eigenvalue weighted by molar-refractivity contribution is 0.0480. The van der Waals surface area contributed by atoms with Gasteiger partial charge in [-0.15, -0.1) is 22.7 Å². The van der Waals surface area contributed by atoms with Crippen LogP contribution >= 0.6 is 22.7 Å². The van der Waals surface area contributed by atoms with Gasteiger partial charge in [-0.25, -0.2) is 0 Å². The second-order valence-corrected chi connectivity index (χ2v) is 12.9. The quantitative estimate of drug-likeness (QED) is 0.0721. The van der Waals surface area contributed by atoms with Gasteiger partial charge in [-0.05, 0) is 72.5 Å². The predicted molar refractivity (Wildman–Crippen MR) is 186 cm³/mol. The number of ether oxygens (including phenoxy) is 4. The van der Waals surface area contributed by atoms with Crippen LogP contribution in [0, 0.1) is 11.8 Å². The van der Waals surface area contributed by atoms with Gasteiger partial charge in [0.15, 0.2) is 0 Å². The highest BCUT2D eigenvalue weighted by molar-refractivity contribution is 7.15. The Morgan fingerprint density at radius 2 is 0.841 bits per heavy atom. The molecule has 0 spiro atoms. The summed E-state index contributed by atoms with van der Waals surface area (Å²) in [7, 11) is 0. The van der Waals surface area contributed by atoms with Gasteiger partial charge in [-0.2, -0.15) is 0 Å². The van der Waals surface area contributed by atoms with Crippen molar-refractivity contribution in [1.82, 2.24) is 0 Å². The number of thiophene rings is 2. The van der Waals surface area contributed by atoms with E-state index >= 15 is 0 Å². The number of rotatable bonds is 20. The third-order valence-corrected chi connectivity index (χ3v) is 9.42. The molecule has 234 valence electrons. The average molecular weight is 631 g/mol. The smallest absolute Gasteiger partial charge is 0.0700 e. The van der Waals surface area contributed by atoms with Crippen LogP contribution in [0.25, 0.3) is 20.9 Å². The Balaban J connectivity index is 1.18. The van der Waals surface area contributed by atoms with Crippen molar-refractivity contribution in [2.24, 2.45) is 0 Å². The molecule has 0 aliphatic rings. The van der Waals surface area contributed by atoms with Gasteiger partial charge >= 0.3 is 0 Å². The normalized spacial score (nSPS) is 11.0. The minimum Gasteiger partial charge on any atom is -0.379 e. The first-order valence-electron chi connectivity index (χ1n) is 16.0. The third-order valence-electron chi connectivity index (χ3n) is 7.03. The first kappa shape index (κ1) is 34.1. The van der Waals surface area contributed by atoms with Gasteiger partial charge in [0.1, 0.15) is 0 Å². The summed E-state index contributed by atoms with van der Waals surface area (Å²) in [4.78, 5) is 5.22. The summed E-state index contributed by atoms with van der Waals surface area (Å²) in [5, 5.41) is 0. The van der Waals surface area contributed by atoms with E-state index in [2.05, 4.69) is 98.5 Å². The Bertz CT molecular complexity index is 1290. The maximum absolute atomic E-state index is 5.73. The highest BCUT2D eigenvalue weighted by atomic mass is 32.1. The fourth-order valence-electron chi connectivity index (χ4n) is 4.40. The molecular weight excluding hydrogens is 585 g/mol. The molecule has 0 bridgehead atoms. The summed E-state index contributed by atoms with van der Waals surface area (Å²) >= 11 is 3.66. The molecule has 2 heterocycles. The number of unbranched alkanes of at least 4 members (excludes halogenated alkanes) is 2. The molecule has 0 atom stereocenters. The number of hydrogen-bond donors (Lipinski definition) is 0. The zero-order chi connectivity index (χ0) is 30.7. The lowest BCUT2D eigenvalue weighted by Crippen LogP contribution is -2.07. The maximum atomic E-state index is 5.73. The molecule has 0 amide bonds. The minimum atomic E-state index is 0.663. The van der Waals surface area contributed by atoms with Crippen molar-refractivity contribution in [3.05, 3.63) is 93.7 Å². The van der Waals surface area contributed by atoms with Crippen molar-refractivity contribution in [2.75, 3.05) is 52.9 Å². The van der Waals surface area contributed by atoms with Gasteiger partial charge in [0.2, 0.25) is 0 Å². The van der Waals surface area contributed by atoms with E-state index in [-0.39, 0.29) is 0 Å². The Morgan fingerprint density at radius 3 is 1.23 bits per heavy atom. The Morgan fingerprint density at radius 1 is 0.455 bits per heavy atom. The molecule has 0 saturated carbocycles. The van der Waals surface area contributed by atoms with Gasteiger partial charge in [0.05, 0.1) is 39.6 Å². The van der Waals surface area contributed by atoms with Crippen molar-refractivity contribution >= 4 is 22.7 Å². The molecule has 0 aliphatic heterocycles. The van der Waals surface area contributed by atoms with Crippen molar-refractivity contribution in [1.29, 1.82) is 0 Å². The van der Waals surface area contributed by atoms with E-state index < -0.39 is 0 Å². The fraction of sp³-hybridized carbons (Fsp3) is 0.421. The van der Waals surface area contributed by atoms with Crippen molar-refractivity contribution in [3.63, 3.8) is 0 Å². The molecule has 4 aromatic rings. The number of hydrogen-bond acceptors (Lipinski definition) is 6. The monoisotopic (exact) mass is 630 g/mol. The zero-order valence-electron chi connectivity index (χ0n) is 26.3. The van der Waals surface area contributed by atoms with Gasteiger partial charge in [0.25, 0.3) is 0 Å². The summed E-state index contributed by atoms with van der Waals surface area (Å²) in [6, 6.07) is 25.9. The molecule has 0 fully saturated rings. The fourth-order valence-corrected chi connectivity index (χ4v) is 6.39. The van der Waals surface area contributed by atoms with E-state index in [9.17, 15) is 0 Å². The Kier molecular flexibility index (Phi) is 15.7. The predicted octanol–water partition coefficient (Wildman–Crippen LogP) is 9.30. The van der Waals surface area contributed by atoms with Crippen LogP contribution in [0.1, 0.15) is 60.4 Å². The van der Waals surface area contributed by atoms with E-state index in [1.54, 1.807) is 0 Å². The van der Waals surface area contributed by atoms with Crippen LogP contribution in [0.3, 0.4) is 0 Å². The summed E-state index contributed by atoms with van der Waals surface area (Å²) in [6.07, 6.45) is 6.42. The van der Waals surface area contributed by atoms with Crippen LogP contribution in [0.15, 0.2) is 72.8 Å².